The summed E-state index contributed by atoms with van der Waals surface area (Å²) in [4.78, 5) is 11.1. The monoisotopic (exact) mass is 200 g/mol. The quantitative estimate of drug-likeness (QED) is 0.504. The summed E-state index contributed by atoms with van der Waals surface area (Å²) in [5.74, 6) is -0.162. The number of ether oxygens (including phenoxy) is 1. The second-order valence-electron chi connectivity index (χ2n) is 2.41. The summed E-state index contributed by atoms with van der Waals surface area (Å²) >= 11 is 5.74. The fourth-order valence-electron chi connectivity index (χ4n) is 0.678. The molecule has 0 aromatic heterocycles. The number of hydrogen-bond donors (Lipinski definition) is 0. The van der Waals surface area contributed by atoms with Gasteiger partial charge in [0.2, 0.25) is 0 Å². The van der Waals surface area contributed by atoms with Gasteiger partial charge in [0.05, 0.1) is 0 Å². The van der Waals surface area contributed by atoms with Gasteiger partial charge in [0.1, 0.15) is 6.61 Å². The van der Waals surface area contributed by atoms with E-state index >= 15 is 0 Å². The minimum Gasteiger partial charge on any atom is -0.377 e. The van der Waals surface area contributed by atoms with Crippen molar-refractivity contribution < 1.29 is 9.53 Å². The van der Waals surface area contributed by atoms with Gasteiger partial charge in [-0.2, -0.15) is 0 Å². The Morgan fingerprint density at radius 1 is 1.62 bits per heavy atom. The number of carbonyl (C=O) groups is 1. The summed E-state index contributed by atoms with van der Waals surface area (Å²) in [5, 5.41) is 0.483. The van der Waals surface area contributed by atoms with Crippen LogP contribution in [0.25, 0.3) is 0 Å². The molecule has 0 aliphatic carbocycles. The predicted molar refractivity (Wildman–Crippen MR) is 54.8 cm³/mol. The standard InChI is InChI=1S/C10H13ClO2/c1-4-5-9(11)6-8(2)10(12)7-13-3/h4-6H,2,7H2,1,3H3/b5-4-,9-6+. The van der Waals surface area contributed by atoms with Crippen LogP contribution in [0.1, 0.15) is 6.92 Å². The molecule has 0 fully saturated rings. The van der Waals surface area contributed by atoms with Crippen molar-refractivity contribution in [3.05, 3.63) is 35.4 Å². The number of hydrogen-bond acceptors (Lipinski definition) is 2. The number of rotatable bonds is 5. The van der Waals surface area contributed by atoms with E-state index in [-0.39, 0.29) is 12.4 Å². The lowest BCUT2D eigenvalue weighted by atomic mass is 10.2. The molecule has 0 unspecified atom stereocenters. The molecule has 0 aliphatic heterocycles. The maximum absolute atomic E-state index is 11.1. The summed E-state index contributed by atoms with van der Waals surface area (Å²) < 4.78 is 4.67. The summed E-state index contributed by atoms with van der Waals surface area (Å²) in [6, 6.07) is 0. The molecule has 0 atom stereocenters. The Morgan fingerprint density at radius 2 is 2.23 bits per heavy atom. The first kappa shape index (κ1) is 12.1. The first-order chi connectivity index (χ1) is 6.11. The van der Waals surface area contributed by atoms with E-state index in [0.717, 1.165) is 0 Å². The Labute approximate surface area is 83.5 Å². The zero-order valence-electron chi connectivity index (χ0n) is 7.84. The number of Topliss-reactive ketones (excluding diaryl/α,β-unsaturated/α-hetero) is 1. The molecule has 13 heavy (non-hydrogen) atoms. The van der Waals surface area contributed by atoms with E-state index in [0.29, 0.717) is 10.6 Å². The molecule has 0 aromatic rings. The third kappa shape index (κ3) is 5.39. The third-order valence-electron chi connectivity index (χ3n) is 1.27. The van der Waals surface area contributed by atoms with E-state index in [2.05, 4.69) is 11.3 Å². The molecule has 0 rings (SSSR count). The predicted octanol–water partition coefficient (Wildman–Crippen LogP) is 2.46. The number of ketones is 1. The Kier molecular flexibility index (Phi) is 6.20. The normalized spacial score (nSPS) is 12.1. The average Bonchev–Trinajstić information content (AvgIpc) is 2.05. The van der Waals surface area contributed by atoms with Gasteiger partial charge in [-0.05, 0) is 19.1 Å². The zero-order chi connectivity index (χ0) is 10.3. The topological polar surface area (TPSA) is 26.3 Å². The van der Waals surface area contributed by atoms with Gasteiger partial charge in [0.25, 0.3) is 0 Å². The Hall–Kier alpha value is -0.860. The molecule has 0 amide bonds. The van der Waals surface area contributed by atoms with Crippen molar-refractivity contribution in [1.82, 2.24) is 0 Å². The van der Waals surface area contributed by atoms with Crippen molar-refractivity contribution in [1.29, 1.82) is 0 Å². The minimum atomic E-state index is -0.162. The second-order valence-corrected chi connectivity index (χ2v) is 2.85. The van der Waals surface area contributed by atoms with Crippen LogP contribution in [0.4, 0.5) is 0 Å². The van der Waals surface area contributed by atoms with Crippen molar-refractivity contribution in [2.45, 2.75) is 6.92 Å². The van der Waals surface area contributed by atoms with Crippen LogP contribution in [0.15, 0.2) is 35.4 Å². The lowest BCUT2D eigenvalue weighted by Crippen LogP contribution is -2.07. The van der Waals surface area contributed by atoms with Gasteiger partial charge in [-0.1, -0.05) is 24.3 Å². The molecule has 0 saturated heterocycles. The molecule has 2 nitrogen and oxygen atoms in total. The largest absolute Gasteiger partial charge is 0.377 e. The summed E-state index contributed by atoms with van der Waals surface area (Å²) in [5.41, 5.74) is 0.352. The molecule has 3 heteroatoms. The van der Waals surface area contributed by atoms with Gasteiger partial charge in [-0.3, -0.25) is 4.79 Å². The van der Waals surface area contributed by atoms with Crippen molar-refractivity contribution in [2.75, 3.05) is 13.7 Å². The van der Waals surface area contributed by atoms with Gasteiger partial charge in [0, 0.05) is 17.7 Å². The second kappa shape index (κ2) is 6.63. The van der Waals surface area contributed by atoms with Gasteiger partial charge >= 0.3 is 0 Å². The molecular formula is C10H13ClO2. The average molecular weight is 201 g/mol. The minimum absolute atomic E-state index is 0.0370. The smallest absolute Gasteiger partial charge is 0.187 e. The molecule has 0 heterocycles. The summed E-state index contributed by atoms with van der Waals surface area (Å²) in [6.45, 7) is 5.45. The van der Waals surface area contributed by atoms with E-state index < -0.39 is 0 Å². The van der Waals surface area contributed by atoms with Crippen molar-refractivity contribution >= 4 is 17.4 Å². The summed E-state index contributed by atoms with van der Waals surface area (Å²) in [7, 11) is 1.46. The molecule has 0 aliphatic rings. The van der Waals surface area contributed by atoms with Crippen LogP contribution in [0.5, 0.6) is 0 Å². The fraction of sp³-hybridized carbons (Fsp3) is 0.300. The highest BCUT2D eigenvalue weighted by Gasteiger charge is 2.03. The van der Waals surface area contributed by atoms with Crippen molar-refractivity contribution in [3.8, 4) is 0 Å². The Bertz CT molecular complexity index is 252. The van der Waals surface area contributed by atoms with Gasteiger partial charge in [-0.15, -0.1) is 0 Å². The van der Waals surface area contributed by atoms with E-state index in [1.807, 2.05) is 6.92 Å². The van der Waals surface area contributed by atoms with Crippen molar-refractivity contribution in [3.63, 3.8) is 0 Å². The Morgan fingerprint density at radius 3 is 2.69 bits per heavy atom. The summed E-state index contributed by atoms with van der Waals surface area (Å²) in [6.07, 6.45) is 4.99. The van der Waals surface area contributed by atoms with Crippen LogP contribution in [0.3, 0.4) is 0 Å². The fourth-order valence-corrected chi connectivity index (χ4v) is 0.936. The maximum Gasteiger partial charge on any atom is 0.187 e. The molecule has 0 aromatic carbocycles. The molecular weight excluding hydrogens is 188 g/mol. The van der Waals surface area contributed by atoms with Gasteiger partial charge in [0.15, 0.2) is 5.78 Å². The maximum atomic E-state index is 11.1. The first-order valence-corrected chi connectivity index (χ1v) is 4.20. The third-order valence-corrected chi connectivity index (χ3v) is 1.51. The van der Waals surface area contributed by atoms with Crippen molar-refractivity contribution in [2.24, 2.45) is 0 Å². The van der Waals surface area contributed by atoms with E-state index in [1.54, 1.807) is 12.2 Å². The van der Waals surface area contributed by atoms with Crippen LogP contribution in [0.2, 0.25) is 0 Å². The highest BCUT2D eigenvalue weighted by atomic mass is 35.5. The zero-order valence-corrected chi connectivity index (χ0v) is 8.60. The van der Waals surface area contributed by atoms with Gasteiger partial charge < -0.3 is 4.74 Å². The van der Waals surface area contributed by atoms with Crippen LogP contribution in [-0.4, -0.2) is 19.5 Å². The molecule has 0 N–H and O–H groups in total. The highest BCUT2D eigenvalue weighted by molar-refractivity contribution is 6.31. The van der Waals surface area contributed by atoms with Crippen LogP contribution >= 0.6 is 11.6 Å². The van der Waals surface area contributed by atoms with Crippen LogP contribution in [0, 0.1) is 0 Å². The highest BCUT2D eigenvalue weighted by Crippen LogP contribution is 2.08. The first-order valence-electron chi connectivity index (χ1n) is 3.82. The van der Waals surface area contributed by atoms with E-state index in [4.69, 9.17) is 11.6 Å². The van der Waals surface area contributed by atoms with E-state index in [1.165, 1.54) is 13.2 Å². The lowest BCUT2D eigenvalue weighted by molar-refractivity contribution is -0.118. The molecule has 72 valence electrons. The number of allylic oxidation sites excluding steroid dienone is 4. The Balaban J connectivity index is 4.28. The number of carbonyl (C=O) groups excluding carboxylic acids is 1. The van der Waals surface area contributed by atoms with Crippen LogP contribution < -0.4 is 0 Å². The molecule has 0 radical (unpaired) electrons. The SMILES string of the molecule is C=C(/C=C(Cl)\C=C/C)C(=O)COC. The number of methoxy groups -OCH3 is 1. The van der Waals surface area contributed by atoms with Gasteiger partial charge in [-0.25, -0.2) is 0 Å². The van der Waals surface area contributed by atoms with Crippen LogP contribution in [-0.2, 0) is 9.53 Å². The molecule has 0 spiro atoms. The molecule has 0 bridgehead atoms. The van der Waals surface area contributed by atoms with E-state index in [9.17, 15) is 4.79 Å². The number of halogens is 1. The lowest BCUT2D eigenvalue weighted by Gasteiger charge is -1.97. The molecule has 0 saturated carbocycles.